The summed E-state index contributed by atoms with van der Waals surface area (Å²) in [4.78, 5) is 36.2. The van der Waals surface area contributed by atoms with Gasteiger partial charge in [0.2, 0.25) is 12.7 Å². The molecule has 1 unspecified atom stereocenters. The van der Waals surface area contributed by atoms with Crippen molar-refractivity contribution in [3.05, 3.63) is 29.3 Å². The van der Waals surface area contributed by atoms with Crippen LogP contribution in [0.3, 0.4) is 0 Å². The fraction of sp³-hybridized carbons (Fsp3) is 0.550. The molecular weight excluding hydrogens is 450 g/mol. The Morgan fingerprint density at radius 3 is 2.58 bits per heavy atom. The third-order valence-corrected chi connectivity index (χ3v) is 4.93. The first-order chi connectivity index (χ1) is 15.3. The van der Waals surface area contributed by atoms with Crippen LogP contribution in [0.25, 0.3) is 0 Å². The lowest BCUT2D eigenvalue weighted by Crippen LogP contribution is -2.53. The van der Waals surface area contributed by atoms with E-state index in [9.17, 15) is 32.6 Å². The third kappa shape index (κ3) is 7.64. The van der Waals surface area contributed by atoms with Crippen LogP contribution in [0.5, 0.6) is 5.75 Å². The molecule has 1 atom stereocenters. The van der Waals surface area contributed by atoms with E-state index in [1.807, 2.05) is 0 Å². The number of amides is 1. The van der Waals surface area contributed by atoms with E-state index in [1.54, 1.807) is 6.07 Å². The average molecular weight is 475 g/mol. The van der Waals surface area contributed by atoms with Crippen LogP contribution in [0.4, 0.5) is 13.2 Å². The Balaban J connectivity index is 1.96. The van der Waals surface area contributed by atoms with Gasteiger partial charge in [0, 0.05) is 20.0 Å². The number of para-hydroxylation sites is 1. The number of carbonyl (C=O) groups excluding carboxylic acids is 3. The zero-order chi connectivity index (χ0) is 24.8. The molecule has 2 rings (SSSR count). The van der Waals surface area contributed by atoms with Gasteiger partial charge in [-0.3, -0.25) is 4.79 Å². The van der Waals surface area contributed by atoms with Crippen molar-refractivity contribution >= 4 is 25.0 Å². The van der Waals surface area contributed by atoms with E-state index < -0.39 is 55.9 Å². The van der Waals surface area contributed by atoms with Crippen LogP contribution in [0, 0.1) is 0 Å². The molecule has 0 fully saturated rings. The normalized spacial score (nSPS) is 15.8. The van der Waals surface area contributed by atoms with Crippen LogP contribution in [0.15, 0.2) is 18.2 Å². The summed E-state index contributed by atoms with van der Waals surface area (Å²) >= 11 is 0. The second kappa shape index (κ2) is 10.9. The maximum atomic E-state index is 12.4. The quantitative estimate of drug-likeness (QED) is 0.316. The molecule has 182 valence electrons. The largest absolute Gasteiger partial charge is 0.547 e. The summed E-state index contributed by atoms with van der Waals surface area (Å²) < 4.78 is 56.8. The van der Waals surface area contributed by atoms with E-state index in [0.717, 1.165) is 0 Å². The topological polar surface area (TPSA) is 120 Å². The Bertz CT molecular complexity index is 877. The van der Waals surface area contributed by atoms with E-state index >= 15 is 0 Å². The van der Waals surface area contributed by atoms with Gasteiger partial charge in [-0.25, -0.2) is 9.59 Å². The molecule has 1 aromatic carbocycles. The van der Waals surface area contributed by atoms with Gasteiger partial charge in [-0.1, -0.05) is 12.1 Å². The number of ether oxygens (including phenoxy) is 3. The lowest BCUT2D eigenvalue weighted by Gasteiger charge is -2.29. The highest BCUT2D eigenvalue weighted by Gasteiger charge is 2.38. The van der Waals surface area contributed by atoms with E-state index in [2.05, 4.69) is 5.32 Å². The smallest absolute Gasteiger partial charge is 0.534 e. The number of nitrogens with one attached hydrogen (secondary N) is 1. The highest BCUT2D eigenvalue weighted by atomic mass is 19.4. The number of halogens is 3. The molecule has 0 aliphatic carbocycles. The number of fused-ring (bicyclic) bond motifs is 1. The van der Waals surface area contributed by atoms with E-state index in [-0.39, 0.29) is 30.6 Å². The van der Waals surface area contributed by atoms with E-state index in [4.69, 9.17) is 18.9 Å². The standard InChI is InChI=1S/C20H25BF3NO8/c1-19(2,30-3)18(28)32-11-31-17(27)13-7-4-6-12-10-14(21(29)33-16(12)13)25-15(26)8-5-9-20(22,23)24/h4,6-7,14,29H,5,8-11H2,1-3H3,(H,25,26). The predicted molar refractivity (Wildman–Crippen MR) is 108 cm³/mol. The Kier molecular flexibility index (Phi) is 8.72. The molecule has 1 aliphatic rings. The minimum Gasteiger partial charge on any atom is -0.534 e. The lowest BCUT2D eigenvalue weighted by atomic mass is 9.72. The van der Waals surface area contributed by atoms with Crippen molar-refractivity contribution in [3.8, 4) is 5.75 Å². The van der Waals surface area contributed by atoms with Gasteiger partial charge in [-0.15, -0.1) is 0 Å². The molecule has 0 spiro atoms. The van der Waals surface area contributed by atoms with Gasteiger partial charge in [0.05, 0.1) is 5.94 Å². The summed E-state index contributed by atoms with van der Waals surface area (Å²) in [5.74, 6) is -3.17. The number of benzene rings is 1. The number of esters is 2. The van der Waals surface area contributed by atoms with Crippen molar-refractivity contribution in [2.75, 3.05) is 13.9 Å². The van der Waals surface area contributed by atoms with Gasteiger partial charge >= 0.3 is 25.2 Å². The second-order valence-electron chi connectivity index (χ2n) is 7.84. The molecule has 0 radical (unpaired) electrons. The number of rotatable bonds is 9. The molecular formula is C20H25BF3NO8. The fourth-order valence-electron chi connectivity index (χ4n) is 2.91. The average Bonchev–Trinajstić information content (AvgIpc) is 2.72. The Hall–Kier alpha value is -2.80. The Morgan fingerprint density at radius 2 is 1.94 bits per heavy atom. The molecule has 0 bridgehead atoms. The summed E-state index contributed by atoms with van der Waals surface area (Å²) in [5, 5.41) is 12.7. The molecule has 1 aromatic rings. The van der Waals surface area contributed by atoms with Crippen LogP contribution < -0.4 is 9.97 Å². The summed E-state index contributed by atoms with van der Waals surface area (Å²) in [6, 6.07) is 4.51. The van der Waals surface area contributed by atoms with Crippen molar-refractivity contribution in [1.29, 1.82) is 0 Å². The Morgan fingerprint density at radius 1 is 1.24 bits per heavy atom. The van der Waals surface area contributed by atoms with Crippen LogP contribution in [0.2, 0.25) is 0 Å². The summed E-state index contributed by atoms with van der Waals surface area (Å²) in [5.41, 5.74) is -0.797. The third-order valence-electron chi connectivity index (χ3n) is 4.93. The molecule has 1 heterocycles. The first-order valence-corrected chi connectivity index (χ1v) is 10.1. The second-order valence-corrected chi connectivity index (χ2v) is 7.84. The highest BCUT2D eigenvalue weighted by molar-refractivity contribution is 6.47. The summed E-state index contributed by atoms with van der Waals surface area (Å²) in [6.45, 7) is 2.28. The summed E-state index contributed by atoms with van der Waals surface area (Å²) in [7, 11) is -0.219. The monoisotopic (exact) mass is 475 g/mol. The van der Waals surface area contributed by atoms with Gasteiger partial charge in [0.1, 0.15) is 11.3 Å². The van der Waals surface area contributed by atoms with Gasteiger partial charge < -0.3 is 29.2 Å². The maximum Gasteiger partial charge on any atom is 0.547 e. The molecule has 1 aliphatic heterocycles. The molecule has 0 saturated heterocycles. The van der Waals surface area contributed by atoms with E-state index in [0.29, 0.717) is 5.56 Å². The maximum absolute atomic E-state index is 12.4. The van der Waals surface area contributed by atoms with Crippen molar-refractivity contribution in [3.63, 3.8) is 0 Å². The molecule has 0 saturated carbocycles. The predicted octanol–water partition coefficient (Wildman–Crippen LogP) is 1.94. The van der Waals surface area contributed by atoms with Crippen molar-refractivity contribution < 1.29 is 51.4 Å². The van der Waals surface area contributed by atoms with Crippen molar-refractivity contribution in [1.82, 2.24) is 5.32 Å². The molecule has 33 heavy (non-hydrogen) atoms. The van der Waals surface area contributed by atoms with Gasteiger partial charge in [-0.2, -0.15) is 13.2 Å². The number of methoxy groups -OCH3 is 1. The number of hydrogen-bond donors (Lipinski definition) is 2. The fourth-order valence-corrected chi connectivity index (χ4v) is 2.91. The van der Waals surface area contributed by atoms with Crippen molar-refractivity contribution in [2.24, 2.45) is 0 Å². The zero-order valence-electron chi connectivity index (χ0n) is 18.4. The first-order valence-electron chi connectivity index (χ1n) is 10.1. The summed E-state index contributed by atoms with van der Waals surface area (Å²) in [6.07, 6.45) is -6.11. The molecule has 9 nitrogen and oxygen atoms in total. The van der Waals surface area contributed by atoms with Crippen LogP contribution >= 0.6 is 0 Å². The lowest BCUT2D eigenvalue weighted by molar-refractivity contribution is -0.173. The van der Waals surface area contributed by atoms with Gasteiger partial charge in [-0.05, 0) is 38.3 Å². The minimum absolute atomic E-state index is 0.0288. The van der Waals surface area contributed by atoms with Gasteiger partial charge in [0.15, 0.2) is 5.60 Å². The minimum atomic E-state index is -4.35. The molecule has 2 N–H and O–H groups in total. The molecule has 0 aromatic heterocycles. The van der Waals surface area contributed by atoms with Crippen LogP contribution in [0.1, 0.15) is 49.0 Å². The SMILES string of the molecule is COC(C)(C)C(=O)OCOC(=O)c1cccc2c1OB(O)C(NC(=O)CCCC(F)(F)F)C2. The van der Waals surface area contributed by atoms with Crippen molar-refractivity contribution in [2.45, 2.75) is 57.2 Å². The van der Waals surface area contributed by atoms with Gasteiger partial charge in [0.25, 0.3) is 0 Å². The van der Waals surface area contributed by atoms with Crippen LogP contribution in [-0.2, 0) is 30.2 Å². The molecule has 1 amide bonds. The highest BCUT2D eigenvalue weighted by Crippen LogP contribution is 2.31. The molecule has 13 heteroatoms. The number of alkyl halides is 3. The first kappa shape index (κ1) is 26.5. The van der Waals surface area contributed by atoms with Crippen LogP contribution in [-0.4, -0.2) is 61.6 Å². The zero-order valence-corrected chi connectivity index (χ0v) is 18.4. The number of carbonyl (C=O) groups is 3. The number of hydrogen-bond acceptors (Lipinski definition) is 8. The van der Waals surface area contributed by atoms with E-state index in [1.165, 1.54) is 33.1 Å². The Labute approximate surface area is 188 Å².